The fourth-order valence-electron chi connectivity index (χ4n) is 12.7. The number of rotatable bonds is 14. The van der Waals surface area contributed by atoms with Crippen LogP contribution in [0.3, 0.4) is 0 Å². The average Bonchev–Trinajstić information content (AvgIpc) is 0.795. The largest absolute Gasteiger partial charge is 0.213 e. The Morgan fingerprint density at radius 2 is 0.337 bits per heavy atom. The highest BCUT2D eigenvalue weighted by Crippen LogP contribution is 2.39. The van der Waals surface area contributed by atoms with Gasteiger partial charge < -0.3 is 0 Å². The summed E-state index contributed by atoms with van der Waals surface area (Å²) in [5, 5.41) is 0. The van der Waals surface area contributed by atoms with E-state index in [0.717, 1.165) is 17.0 Å². The summed E-state index contributed by atoms with van der Waals surface area (Å²) >= 11 is 0. The van der Waals surface area contributed by atoms with Crippen molar-refractivity contribution in [2.24, 2.45) is 0 Å². The predicted molar refractivity (Wildman–Crippen MR) is 443 cm³/mol. The standard InChI is InChI=1S/C43H32.C23H20.C19H16.C16H13N3/c1-31-22-36(42-27-38(32-14-6-2-7-15-32)25-39(28-42)33-16-8-3-9-17-33)24-37(23-31)43-29-40(34-18-10-4-11-19-34)26-41(30-43)35-20-12-5-13-21-35;1-19-16-22(14-12-20-8-4-2-5-9-20)18-23(17-19)15-13-21-10-6-3-7-11-21;1-15-12-18(16-8-4-2-5-9-16)14-19(13-15)17-10-6-3-7-11-17;1-12-17-15(13-8-4-2-5-9-13)19-16(18-12)14-10-6-3-7-11-14/h2-30H,1H3;2-18H,1H3;2-14H,1H3;2-11H,1H3/b;14-12+,15-13+;;. The van der Waals surface area contributed by atoms with Crippen molar-refractivity contribution in [3.8, 4) is 112 Å². The minimum Gasteiger partial charge on any atom is -0.213 e. The van der Waals surface area contributed by atoms with Crippen molar-refractivity contribution >= 4 is 24.3 Å². The number of aryl methyl sites for hydroxylation is 4. The molecule has 0 amide bonds. The lowest BCUT2D eigenvalue weighted by Gasteiger charge is -2.15. The van der Waals surface area contributed by atoms with E-state index >= 15 is 0 Å². The van der Waals surface area contributed by atoms with E-state index in [-0.39, 0.29) is 0 Å². The van der Waals surface area contributed by atoms with Crippen LogP contribution in [0.5, 0.6) is 0 Å². The van der Waals surface area contributed by atoms with Gasteiger partial charge in [0.2, 0.25) is 0 Å². The van der Waals surface area contributed by atoms with Gasteiger partial charge in [-0.1, -0.05) is 364 Å². The first-order valence-corrected chi connectivity index (χ1v) is 35.4. The van der Waals surface area contributed by atoms with E-state index in [9.17, 15) is 0 Å². The van der Waals surface area contributed by atoms with Crippen molar-refractivity contribution in [2.75, 3.05) is 0 Å². The second-order valence-corrected chi connectivity index (χ2v) is 25.9. The Hall–Kier alpha value is -13.2. The number of hydrogen-bond donors (Lipinski definition) is 0. The van der Waals surface area contributed by atoms with Crippen LogP contribution in [-0.2, 0) is 0 Å². The summed E-state index contributed by atoms with van der Waals surface area (Å²) < 4.78 is 0. The van der Waals surface area contributed by atoms with Gasteiger partial charge in [0.05, 0.1) is 0 Å². The van der Waals surface area contributed by atoms with Gasteiger partial charge in [-0.3, -0.25) is 0 Å². The lowest BCUT2D eigenvalue weighted by atomic mass is 9.89. The molecule has 1 aromatic heterocycles. The van der Waals surface area contributed by atoms with Gasteiger partial charge >= 0.3 is 0 Å². The highest BCUT2D eigenvalue weighted by molar-refractivity contribution is 5.87. The first-order valence-electron chi connectivity index (χ1n) is 35.4. The van der Waals surface area contributed by atoms with E-state index in [0.29, 0.717) is 11.6 Å². The molecule has 0 aliphatic rings. The minimum absolute atomic E-state index is 0.715. The van der Waals surface area contributed by atoms with Crippen LogP contribution in [0.25, 0.3) is 136 Å². The molecule has 0 aliphatic carbocycles. The number of aromatic nitrogens is 3. The summed E-state index contributed by atoms with van der Waals surface area (Å²) in [7, 11) is 0. The lowest BCUT2D eigenvalue weighted by Crippen LogP contribution is -1.99. The molecule has 0 fully saturated rings. The Morgan fingerprint density at radius 1 is 0.154 bits per heavy atom. The van der Waals surface area contributed by atoms with E-state index in [1.807, 2.05) is 79.7 Å². The molecule has 0 N–H and O–H groups in total. The Bertz CT molecular complexity index is 4890. The van der Waals surface area contributed by atoms with Gasteiger partial charge in [-0.25, -0.2) is 15.0 Å². The van der Waals surface area contributed by atoms with Crippen molar-refractivity contribution in [3.05, 3.63) is 439 Å². The van der Waals surface area contributed by atoms with Crippen LogP contribution < -0.4 is 0 Å². The molecular formula is C101H81N3. The van der Waals surface area contributed by atoms with E-state index in [1.54, 1.807) is 0 Å². The van der Waals surface area contributed by atoms with Gasteiger partial charge in [-0.2, -0.15) is 0 Å². The summed E-state index contributed by atoms with van der Waals surface area (Å²) in [5.74, 6) is 2.16. The highest BCUT2D eigenvalue weighted by atomic mass is 15.0. The van der Waals surface area contributed by atoms with Gasteiger partial charge in [0.25, 0.3) is 0 Å². The van der Waals surface area contributed by atoms with E-state index in [2.05, 4.69) is 382 Å². The maximum absolute atomic E-state index is 4.55. The van der Waals surface area contributed by atoms with Crippen molar-refractivity contribution < 1.29 is 0 Å². The second kappa shape index (κ2) is 34.7. The molecule has 0 spiro atoms. The SMILES string of the molecule is Cc1cc(-c2cc(-c3ccccc3)cc(-c3ccccc3)c2)cc(-c2cc(-c3ccccc3)cc(-c3ccccc3)c2)c1.Cc1cc(-c2ccccc2)cc(-c2ccccc2)c1.Cc1cc(/C=C/c2ccccc2)cc(/C=C/c2ccccc2)c1.Cc1nc(-c2ccccc2)nc(-c2ccccc2)n1. The van der Waals surface area contributed by atoms with Crippen LogP contribution in [0.2, 0.25) is 0 Å². The number of nitrogens with zero attached hydrogens (tertiary/aromatic N) is 3. The van der Waals surface area contributed by atoms with Gasteiger partial charge in [-0.05, 0) is 210 Å². The van der Waals surface area contributed by atoms with Crippen LogP contribution in [0, 0.1) is 27.7 Å². The van der Waals surface area contributed by atoms with Gasteiger partial charge in [0.1, 0.15) is 5.82 Å². The molecule has 500 valence electrons. The third-order valence-electron chi connectivity index (χ3n) is 17.8. The van der Waals surface area contributed by atoms with Gasteiger partial charge in [-0.15, -0.1) is 0 Å². The molecule has 3 heteroatoms. The molecule has 0 saturated carbocycles. The normalized spacial score (nSPS) is 10.8. The monoisotopic (exact) mass is 1340 g/mol. The summed E-state index contributed by atoms with van der Waals surface area (Å²) in [4.78, 5) is 13.4. The van der Waals surface area contributed by atoms with Gasteiger partial charge in [0.15, 0.2) is 11.6 Å². The maximum Gasteiger partial charge on any atom is 0.163 e. The van der Waals surface area contributed by atoms with Crippen LogP contribution in [-0.4, -0.2) is 15.0 Å². The molecule has 15 aromatic carbocycles. The Balaban J connectivity index is 0.000000133. The zero-order valence-electron chi connectivity index (χ0n) is 59.2. The van der Waals surface area contributed by atoms with Crippen molar-refractivity contribution in [2.45, 2.75) is 27.7 Å². The van der Waals surface area contributed by atoms with Crippen molar-refractivity contribution in [1.82, 2.24) is 15.0 Å². The molecule has 0 radical (unpaired) electrons. The third-order valence-corrected chi connectivity index (χ3v) is 17.8. The molecule has 0 bridgehead atoms. The third kappa shape index (κ3) is 19.2. The highest BCUT2D eigenvalue weighted by Gasteiger charge is 2.14. The molecule has 0 unspecified atom stereocenters. The number of hydrogen-bond acceptors (Lipinski definition) is 3. The number of benzene rings is 15. The molecule has 16 aromatic rings. The van der Waals surface area contributed by atoms with E-state index < -0.39 is 0 Å². The lowest BCUT2D eigenvalue weighted by molar-refractivity contribution is 0.992. The van der Waals surface area contributed by atoms with Crippen LogP contribution in [0.4, 0.5) is 0 Å². The van der Waals surface area contributed by atoms with Gasteiger partial charge in [0, 0.05) is 11.1 Å². The first-order chi connectivity index (χ1) is 51.1. The summed E-state index contributed by atoms with van der Waals surface area (Å²) in [6.45, 7) is 8.38. The molecule has 0 saturated heterocycles. The molecule has 3 nitrogen and oxygen atoms in total. The van der Waals surface area contributed by atoms with E-state index in [4.69, 9.17) is 0 Å². The van der Waals surface area contributed by atoms with E-state index in [1.165, 1.54) is 128 Å². The molecular weight excluding hydrogens is 1260 g/mol. The molecule has 1 heterocycles. The average molecular weight is 1340 g/mol. The fraction of sp³-hybridized carbons (Fsp3) is 0.0396. The Labute approximate surface area is 614 Å². The van der Waals surface area contributed by atoms with Crippen LogP contribution in [0.1, 0.15) is 44.8 Å². The topological polar surface area (TPSA) is 38.7 Å². The smallest absolute Gasteiger partial charge is 0.163 e. The molecule has 104 heavy (non-hydrogen) atoms. The molecule has 0 atom stereocenters. The Kier molecular flexibility index (Phi) is 23.1. The molecule has 0 aliphatic heterocycles. The summed E-state index contributed by atoms with van der Waals surface area (Å²) in [6.07, 6.45) is 8.64. The van der Waals surface area contributed by atoms with Crippen molar-refractivity contribution in [1.29, 1.82) is 0 Å². The fourth-order valence-corrected chi connectivity index (χ4v) is 12.7. The maximum atomic E-state index is 4.55. The first kappa shape index (κ1) is 69.3. The minimum atomic E-state index is 0.715. The zero-order chi connectivity index (χ0) is 71.1. The van der Waals surface area contributed by atoms with Crippen molar-refractivity contribution in [3.63, 3.8) is 0 Å². The summed E-state index contributed by atoms with van der Waals surface area (Å²) in [6, 6.07) is 139. The predicted octanol–water partition coefficient (Wildman–Crippen LogP) is 27.2. The Morgan fingerprint density at radius 3 is 0.587 bits per heavy atom. The summed E-state index contributed by atoms with van der Waals surface area (Å²) in [5.41, 5.74) is 30.4. The second-order valence-electron chi connectivity index (χ2n) is 25.9. The van der Waals surface area contributed by atoms with Crippen LogP contribution >= 0.6 is 0 Å². The zero-order valence-corrected chi connectivity index (χ0v) is 59.2. The van der Waals surface area contributed by atoms with Crippen LogP contribution in [0.15, 0.2) is 394 Å². The quantitative estimate of drug-likeness (QED) is 0.102. The molecule has 16 rings (SSSR count).